The molecule has 1 aromatic heterocycles. The SMILES string of the molecule is CC[C@H](CC(C)C)C(=O)N[C@H]1C(=O)C[C@@H](CC(N)=O)C(=O)NC2C(=O)CC3C(=O)N[C@H](C(=O)N[C@@H](C(=O)O)c4cc(O)cc(O)c4-c4cc3ccc4O)[C@H](O)c3ccc(c(Cl)c3)Oc3cc2cc(c3OC2O[C@H](CO)[C@@H](O)[C@H](O)[C@H]2O[C@H]2C[C@](C)(NCCn3ccc(NC(=O)c4cccc(SC(F)(F)F)c4)nc3=O)[C@H](O)[C@H](C)O2)Oc2ccc(cc2Cl)[C@H]1O. The summed E-state index contributed by atoms with van der Waals surface area (Å²) in [6.07, 6.45) is -20.1. The molecule has 2 fully saturated rings. The van der Waals surface area contributed by atoms with E-state index in [1.54, 1.807) is 13.8 Å². The highest BCUT2D eigenvalue weighted by molar-refractivity contribution is 8.00. The van der Waals surface area contributed by atoms with E-state index in [9.17, 15) is 93.0 Å². The number of nitrogens with one attached hydrogen (secondary N) is 6. The number of carbonyl (C=O) groups is 9. The van der Waals surface area contributed by atoms with Crippen LogP contribution in [0.5, 0.6) is 46.0 Å². The number of Topliss-reactive ketones (excluding diaryl/α,β-unsaturated/α-hetero) is 2. The topological polar surface area (TPSA) is 544 Å². The Hall–Kier alpha value is -11.1. The number of nitrogens with zero attached hydrogens (tertiary/aromatic N) is 2. The lowest BCUT2D eigenvalue weighted by Crippen LogP contribution is -2.65. The molecule has 7 aromatic rings. The molecule has 7 aliphatic rings. The first kappa shape index (κ1) is 92.1. The Bertz CT molecular complexity index is 5360. The number of ether oxygens (including phenoxy) is 6. The maximum Gasteiger partial charge on any atom is 0.446 e. The average molecular weight is 1790 g/mol. The Balaban J connectivity index is 0.985. The number of phenols is 3. The van der Waals surface area contributed by atoms with E-state index >= 15 is 19.2 Å². The summed E-state index contributed by atoms with van der Waals surface area (Å²) in [5.41, 5.74) is -3.99. The molecule has 3 unspecified atom stereocenters. The maximum atomic E-state index is 16.4. The number of fused-ring (bicyclic) bond motifs is 15. The van der Waals surface area contributed by atoms with Crippen LogP contribution in [0, 0.1) is 17.8 Å². The van der Waals surface area contributed by atoms with Crippen LogP contribution in [0.25, 0.3) is 11.1 Å². The smallest absolute Gasteiger partial charge is 0.446 e. The molecule has 0 aliphatic carbocycles. The first-order chi connectivity index (χ1) is 58.6. The quantitative estimate of drug-likeness (QED) is 0.0374. The van der Waals surface area contributed by atoms with E-state index in [-0.39, 0.29) is 75.6 Å². The molecular formula is C83H88Cl2F3N9O26S. The Labute approximate surface area is 717 Å². The summed E-state index contributed by atoms with van der Waals surface area (Å²) >= 11 is 13.9. The van der Waals surface area contributed by atoms with Crippen molar-refractivity contribution >= 4 is 93.8 Å². The third-order valence-electron chi connectivity index (χ3n) is 21.9. The number of carboxylic acid groups (broad SMARTS) is 1. The zero-order valence-corrected chi connectivity index (χ0v) is 68.8. The zero-order valence-electron chi connectivity index (χ0n) is 66.5. The number of aliphatic carboxylic acids is 1. The third kappa shape index (κ3) is 20.8. The zero-order chi connectivity index (χ0) is 90.0. The monoisotopic (exact) mass is 1790 g/mol. The molecule has 124 heavy (non-hydrogen) atoms. The van der Waals surface area contributed by atoms with Gasteiger partial charge in [-0.2, -0.15) is 18.2 Å². The number of anilines is 1. The molecule has 7 aliphatic heterocycles. The number of halogens is 5. The van der Waals surface area contributed by atoms with Crippen LogP contribution in [-0.4, -0.2) is 199 Å². The number of benzene rings is 6. The molecule has 11 bridgehead atoms. The predicted octanol–water partition coefficient (Wildman–Crippen LogP) is 6.27. The van der Waals surface area contributed by atoms with Crippen LogP contribution in [0.3, 0.4) is 0 Å². The van der Waals surface area contributed by atoms with Crippen molar-refractivity contribution < 1.29 is 136 Å². The van der Waals surface area contributed by atoms with E-state index < -0.39 is 278 Å². The first-order valence-electron chi connectivity index (χ1n) is 39.0. The number of carbonyl (C=O) groups excluding carboxylic acids is 8. The minimum absolute atomic E-state index is 0.0523. The molecule has 35 nitrogen and oxygen atoms in total. The highest BCUT2D eigenvalue weighted by Gasteiger charge is 2.52. The number of aliphatic hydroxyl groups excluding tert-OH is 6. The number of thioether (sulfide) groups is 1. The molecule has 0 radical (unpaired) electrons. The highest BCUT2D eigenvalue weighted by Crippen LogP contribution is 2.51. The maximum absolute atomic E-state index is 16.4. The lowest BCUT2D eigenvalue weighted by molar-refractivity contribution is -0.334. The summed E-state index contributed by atoms with van der Waals surface area (Å²) in [6, 6.07) is 11.0. The van der Waals surface area contributed by atoms with E-state index in [1.807, 2.05) is 13.8 Å². The number of hydrogen-bond acceptors (Lipinski definition) is 28. The second-order valence-corrected chi connectivity index (χ2v) is 33.2. The number of nitrogens with two attached hydrogens (primary N) is 1. The van der Waals surface area contributed by atoms with Gasteiger partial charge < -0.3 is 117 Å². The van der Waals surface area contributed by atoms with E-state index in [0.717, 1.165) is 83.4 Å². The van der Waals surface area contributed by atoms with Gasteiger partial charge in [0.25, 0.3) is 5.91 Å². The summed E-state index contributed by atoms with van der Waals surface area (Å²) in [7, 11) is 0. The van der Waals surface area contributed by atoms with Crippen molar-refractivity contribution in [3.63, 3.8) is 0 Å². The van der Waals surface area contributed by atoms with E-state index in [4.69, 9.17) is 57.4 Å². The highest BCUT2D eigenvalue weighted by atomic mass is 35.5. The minimum Gasteiger partial charge on any atom is -0.508 e. The number of aromatic hydroxyl groups is 3. The largest absolute Gasteiger partial charge is 0.508 e. The summed E-state index contributed by atoms with van der Waals surface area (Å²) in [5.74, 6) is -21.0. The molecule has 41 heteroatoms. The normalized spacial score (nSPS) is 26.3. The van der Waals surface area contributed by atoms with Crippen molar-refractivity contribution in [2.75, 3.05) is 18.5 Å². The van der Waals surface area contributed by atoms with Crippen LogP contribution >= 0.6 is 35.0 Å². The van der Waals surface area contributed by atoms with Crippen molar-refractivity contribution in [1.29, 1.82) is 0 Å². The van der Waals surface area contributed by atoms with E-state index in [0.29, 0.717) is 6.42 Å². The van der Waals surface area contributed by atoms with Crippen molar-refractivity contribution in [2.24, 2.45) is 23.5 Å². The number of ketones is 2. The number of carboxylic acids is 1. The summed E-state index contributed by atoms with van der Waals surface area (Å²) in [5, 5.41) is 131. The van der Waals surface area contributed by atoms with Crippen LogP contribution < -0.4 is 57.5 Å². The summed E-state index contributed by atoms with van der Waals surface area (Å²) < 4.78 is 79.8. The van der Waals surface area contributed by atoms with Crippen LogP contribution in [0.15, 0.2) is 125 Å². The second-order valence-electron chi connectivity index (χ2n) is 31.2. The fourth-order valence-corrected chi connectivity index (χ4v) is 16.6. The number of rotatable bonds is 20. The van der Waals surface area contributed by atoms with Crippen LogP contribution in [0.4, 0.5) is 19.0 Å². The Morgan fingerprint density at radius 3 is 2.06 bits per heavy atom. The fraction of sp³-hybridized carbons (Fsp3) is 0.410. The number of alkyl halides is 3. The van der Waals surface area contributed by atoms with Crippen molar-refractivity contribution in [1.82, 2.24) is 36.1 Å². The van der Waals surface area contributed by atoms with Gasteiger partial charge in [-0.3, -0.25) is 42.9 Å². The first-order valence-corrected chi connectivity index (χ1v) is 40.6. The summed E-state index contributed by atoms with van der Waals surface area (Å²) in [4.78, 5) is 149. The second kappa shape index (κ2) is 38.2. The average Bonchev–Trinajstić information content (AvgIpc) is 0.764. The van der Waals surface area contributed by atoms with Gasteiger partial charge >= 0.3 is 17.2 Å². The number of aliphatic hydroxyl groups is 6. The Kier molecular flexibility index (Phi) is 28.4. The molecule has 18 N–H and O–H groups in total. The Morgan fingerprint density at radius 2 is 1.44 bits per heavy atom. The predicted molar refractivity (Wildman–Crippen MR) is 432 cm³/mol. The molecule has 0 spiro atoms. The number of hydrogen-bond donors (Lipinski definition) is 17. The molecule has 2 saturated heterocycles. The van der Waals surface area contributed by atoms with Gasteiger partial charge in [-0.05, 0) is 145 Å². The molecule has 14 rings (SSSR count). The van der Waals surface area contributed by atoms with Gasteiger partial charge in [-0.1, -0.05) is 68.2 Å². The van der Waals surface area contributed by atoms with Crippen molar-refractivity contribution in [3.05, 3.63) is 169 Å². The van der Waals surface area contributed by atoms with Crippen LogP contribution in [0.1, 0.15) is 142 Å². The van der Waals surface area contributed by atoms with E-state index in [2.05, 4.69) is 36.9 Å². The van der Waals surface area contributed by atoms with Gasteiger partial charge in [0.2, 0.25) is 41.6 Å². The molecule has 662 valence electrons. The van der Waals surface area contributed by atoms with Gasteiger partial charge in [0.1, 0.15) is 83.2 Å². The molecular weight excluding hydrogens is 1700 g/mol. The lowest BCUT2D eigenvalue weighted by atomic mass is 9.84. The molecule has 6 amide bonds. The van der Waals surface area contributed by atoms with Crippen LogP contribution in [-0.2, 0) is 59.1 Å². The van der Waals surface area contributed by atoms with Gasteiger partial charge in [0.05, 0.1) is 40.7 Å². The van der Waals surface area contributed by atoms with Crippen LogP contribution in [0.2, 0.25) is 10.0 Å². The van der Waals surface area contributed by atoms with Gasteiger partial charge in [0, 0.05) is 89.6 Å². The summed E-state index contributed by atoms with van der Waals surface area (Å²) in [6.45, 7) is 7.15. The Morgan fingerprint density at radius 1 is 0.766 bits per heavy atom. The molecule has 6 aromatic carbocycles. The third-order valence-corrected chi connectivity index (χ3v) is 23.2. The molecule has 0 saturated carbocycles. The molecule has 18 atom stereocenters. The number of primary amides is 1. The van der Waals surface area contributed by atoms with E-state index in [1.165, 1.54) is 43.5 Å². The minimum atomic E-state index is -4.64. The number of phenolic OH excluding ortho intramolecular Hbond substituents is 3. The lowest BCUT2D eigenvalue weighted by Gasteiger charge is -2.48. The van der Waals surface area contributed by atoms with Crippen molar-refractivity contribution in [2.45, 2.75) is 187 Å². The van der Waals surface area contributed by atoms with Gasteiger partial charge in [-0.25, -0.2) is 9.59 Å². The number of aromatic nitrogens is 2. The van der Waals surface area contributed by atoms with Gasteiger partial charge in [-0.15, -0.1) is 0 Å². The fourth-order valence-electron chi connectivity index (χ4n) is 15.5. The standard InChI is InChI=1S/C83H88Cl2F3N9O26S/c1-6-36(20-34(2)3)74(110)95-65-52(102)25-42(28-59(89)104)76(112)93-63-41-26-56(119-54-14-11-38(67(65)105)23-48(54)84)71(57(27-41)120-55-15-12-39(24-49(55)85)68(106)66-78(114)94-64(79(115)116)47-29-43(99)30-51(101)62(47)46-22-37(10-13-50(46)100)45(31-53(63)103)77(113)96-66)123-80-72(70(108)69(107)58(33-98)121-80)122-61-32-82(5,73(109)35(4)118-61)90-17-19-97-18-16-60(92-81(97)117)91-75(111)40-8-7-9-44(21-40)124-83(86,87)88/h7-16,18,21-24,26-27,29-30,34-36,42,45,58,61,63-70,72-73,80,90,98-101,105-109H,6,17,19-20,25,28,31-33H2,1-5H3,(H2,89,104)(H,93,112)(H,94,114)(H,95,110)(H,96,113)(H,115,116)(H,91,92,111,117)/t35-,36+,42-,45?,58+,61-,63?,64+,65-,66-,67+,68+,69+,70-,72+,73+,80?,82-/m0/s1. The van der Waals surface area contributed by atoms with Crippen molar-refractivity contribution in [3.8, 4) is 57.1 Å². The van der Waals surface area contributed by atoms with Gasteiger partial charge in [0.15, 0.2) is 41.5 Å². The number of amides is 6. The molecule has 8 heterocycles.